The summed E-state index contributed by atoms with van der Waals surface area (Å²) in [5, 5.41) is 1.06. The van der Waals surface area contributed by atoms with Crippen LogP contribution in [-0.4, -0.2) is 23.3 Å². The van der Waals surface area contributed by atoms with Crippen molar-refractivity contribution in [2.24, 2.45) is 0 Å². The van der Waals surface area contributed by atoms with Crippen LogP contribution in [0, 0.1) is 4.77 Å². The first kappa shape index (κ1) is 13.9. The topological polar surface area (TPSA) is 29.9 Å². The Morgan fingerprint density at radius 3 is 2.72 bits per heavy atom. The first-order valence-corrected chi connectivity index (χ1v) is 6.79. The number of rotatable bonds is 4. The largest absolute Gasteiger partial charge is 0.385 e. The smallest absolute Gasteiger partial charge is 0.178 e. The lowest BCUT2D eigenvalue weighted by molar-refractivity contribution is 0.181. The van der Waals surface area contributed by atoms with Crippen molar-refractivity contribution < 1.29 is 4.74 Å². The molecule has 0 aliphatic carbocycles. The van der Waals surface area contributed by atoms with Crippen LogP contribution in [0.3, 0.4) is 0 Å². The normalized spacial score (nSPS) is 13.1. The van der Waals surface area contributed by atoms with Crippen LogP contribution in [0.25, 0.3) is 11.0 Å². The average Bonchev–Trinajstić information content (AvgIpc) is 2.62. The van der Waals surface area contributed by atoms with E-state index in [0.29, 0.717) is 21.4 Å². The van der Waals surface area contributed by atoms with Crippen molar-refractivity contribution >= 4 is 46.5 Å². The number of halogens is 2. The molecule has 0 amide bonds. The zero-order valence-electron chi connectivity index (χ0n) is 10.2. The van der Waals surface area contributed by atoms with Gasteiger partial charge in [-0.2, -0.15) is 0 Å². The van der Waals surface area contributed by atoms with Gasteiger partial charge in [0.1, 0.15) is 0 Å². The summed E-state index contributed by atoms with van der Waals surface area (Å²) in [4.78, 5) is 3.15. The average molecular weight is 305 g/mol. The number of nitrogens with zero attached hydrogens (tertiary/aromatic N) is 1. The van der Waals surface area contributed by atoms with E-state index in [-0.39, 0.29) is 6.04 Å². The fraction of sp³-hybridized carbons (Fsp3) is 0.417. The molecule has 0 spiro atoms. The van der Waals surface area contributed by atoms with E-state index in [4.69, 9.17) is 40.2 Å². The monoisotopic (exact) mass is 304 g/mol. The number of nitrogens with one attached hydrogen (secondary N) is 1. The molecule has 98 valence electrons. The molecule has 1 unspecified atom stereocenters. The zero-order valence-corrected chi connectivity index (χ0v) is 12.5. The van der Waals surface area contributed by atoms with Gasteiger partial charge in [-0.3, -0.25) is 0 Å². The van der Waals surface area contributed by atoms with Crippen LogP contribution < -0.4 is 0 Å². The SMILES string of the molecule is COCCC(C)n1c(=S)[nH]c2cc(Cl)c(Cl)cc21. The second-order valence-electron chi connectivity index (χ2n) is 4.21. The molecule has 6 heteroatoms. The Hall–Kier alpha value is -0.550. The van der Waals surface area contributed by atoms with Gasteiger partial charge in [-0.1, -0.05) is 23.2 Å². The number of ether oxygens (including phenoxy) is 1. The Morgan fingerprint density at radius 1 is 1.39 bits per heavy atom. The van der Waals surface area contributed by atoms with Crippen LogP contribution in [-0.2, 0) is 4.74 Å². The molecule has 0 aliphatic rings. The van der Waals surface area contributed by atoms with Crippen LogP contribution >= 0.6 is 35.4 Å². The Labute approximate surface area is 121 Å². The molecule has 0 saturated carbocycles. The van der Waals surface area contributed by atoms with Crippen molar-refractivity contribution in [2.75, 3.05) is 13.7 Å². The minimum atomic E-state index is 0.239. The predicted octanol–water partition coefficient (Wildman–Crippen LogP) is 4.60. The van der Waals surface area contributed by atoms with Gasteiger partial charge in [0.15, 0.2) is 4.77 Å². The highest BCUT2D eigenvalue weighted by atomic mass is 35.5. The summed E-state index contributed by atoms with van der Waals surface area (Å²) in [5.41, 5.74) is 1.87. The number of methoxy groups -OCH3 is 1. The molecule has 18 heavy (non-hydrogen) atoms. The third kappa shape index (κ3) is 2.57. The maximum atomic E-state index is 6.06. The molecule has 0 fully saturated rings. The number of hydrogen-bond acceptors (Lipinski definition) is 2. The molecule has 1 atom stereocenters. The Kier molecular flexibility index (Phi) is 4.33. The van der Waals surface area contributed by atoms with Gasteiger partial charge in [0, 0.05) is 19.8 Å². The van der Waals surface area contributed by atoms with Gasteiger partial charge in [0.2, 0.25) is 0 Å². The van der Waals surface area contributed by atoms with E-state index in [1.807, 2.05) is 10.6 Å². The molecule has 1 heterocycles. The van der Waals surface area contributed by atoms with Crippen LogP contribution in [0.2, 0.25) is 10.0 Å². The third-order valence-corrected chi connectivity index (χ3v) is 3.96. The van der Waals surface area contributed by atoms with Crippen LogP contribution in [0.15, 0.2) is 12.1 Å². The minimum absolute atomic E-state index is 0.239. The lowest BCUT2D eigenvalue weighted by Gasteiger charge is -2.14. The Balaban J connectivity index is 2.53. The Morgan fingerprint density at radius 2 is 2.06 bits per heavy atom. The molecule has 1 aromatic carbocycles. The lowest BCUT2D eigenvalue weighted by atomic mass is 10.2. The standard InChI is InChI=1S/C12H14Cl2N2OS/c1-7(3-4-17-2)16-11-6-9(14)8(13)5-10(11)15-12(16)18/h5-7H,3-4H2,1-2H3,(H,15,18). The van der Waals surface area contributed by atoms with Crippen molar-refractivity contribution in [3.8, 4) is 0 Å². The van der Waals surface area contributed by atoms with E-state index >= 15 is 0 Å². The molecule has 2 aromatic rings. The predicted molar refractivity (Wildman–Crippen MR) is 78.3 cm³/mol. The van der Waals surface area contributed by atoms with Crippen LogP contribution in [0.4, 0.5) is 0 Å². The number of aromatic nitrogens is 2. The van der Waals surface area contributed by atoms with Gasteiger partial charge in [-0.05, 0) is 37.7 Å². The second-order valence-corrected chi connectivity index (χ2v) is 5.42. The minimum Gasteiger partial charge on any atom is -0.385 e. The van der Waals surface area contributed by atoms with Crippen molar-refractivity contribution in [3.05, 3.63) is 26.9 Å². The highest BCUT2D eigenvalue weighted by Crippen LogP contribution is 2.29. The fourth-order valence-electron chi connectivity index (χ4n) is 1.98. The quantitative estimate of drug-likeness (QED) is 0.836. The molecule has 2 rings (SSSR count). The highest BCUT2D eigenvalue weighted by molar-refractivity contribution is 7.71. The first-order chi connectivity index (χ1) is 8.54. The summed E-state index contributed by atoms with van der Waals surface area (Å²) < 4.78 is 7.82. The molecule has 0 aliphatic heterocycles. The molecular weight excluding hydrogens is 291 g/mol. The van der Waals surface area contributed by atoms with Gasteiger partial charge >= 0.3 is 0 Å². The summed E-state index contributed by atoms with van der Waals surface area (Å²) in [6.45, 7) is 2.79. The summed E-state index contributed by atoms with van der Waals surface area (Å²) in [5.74, 6) is 0. The maximum absolute atomic E-state index is 6.06. The Bertz CT molecular complexity index is 620. The molecule has 3 nitrogen and oxygen atoms in total. The van der Waals surface area contributed by atoms with E-state index in [1.165, 1.54) is 0 Å². The number of H-pyrrole nitrogens is 1. The molecule has 0 saturated heterocycles. The maximum Gasteiger partial charge on any atom is 0.178 e. The second kappa shape index (κ2) is 5.61. The molecule has 0 bridgehead atoms. The van der Waals surface area contributed by atoms with E-state index in [2.05, 4.69) is 11.9 Å². The summed E-state index contributed by atoms with van der Waals surface area (Å²) in [7, 11) is 1.69. The van der Waals surface area contributed by atoms with Gasteiger partial charge in [-0.15, -0.1) is 0 Å². The van der Waals surface area contributed by atoms with E-state index in [9.17, 15) is 0 Å². The van der Waals surface area contributed by atoms with Crippen molar-refractivity contribution in [1.29, 1.82) is 0 Å². The van der Waals surface area contributed by atoms with Crippen LogP contribution in [0.1, 0.15) is 19.4 Å². The summed E-state index contributed by atoms with van der Waals surface area (Å²) in [6, 6.07) is 3.88. The number of imidazole rings is 1. The van der Waals surface area contributed by atoms with Gasteiger partial charge < -0.3 is 14.3 Å². The lowest BCUT2D eigenvalue weighted by Crippen LogP contribution is -2.07. The molecule has 0 radical (unpaired) electrons. The number of aromatic amines is 1. The number of benzene rings is 1. The molecule has 1 aromatic heterocycles. The molecule has 1 N–H and O–H groups in total. The summed E-state index contributed by atoms with van der Waals surface area (Å²) in [6.07, 6.45) is 0.887. The van der Waals surface area contributed by atoms with Crippen LogP contribution in [0.5, 0.6) is 0 Å². The third-order valence-electron chi connectivity index (χ3n) is 2.94. The van der Waals surface area contributed by atoms with Crippen molar-refractivity contribution in [3.63, 3.8) is 0 Å². The first-order valence-electron chi connectivity index (χ1n) is 5.62. The van der Waals surface area contributed by atoms with Crippen molar-refractivity contribution in [2.45, 2.75) is 19.4 Å². The number of fused-ring (bicyclic) bond motifs is 1. The fourth-order valence-corrected chi connectivity index (χ4v) is 2.69. The van der Waals surface area contributed by atoms with Gasteiger partial charge in [-0.25, -0.2) is 0 Å². The van der Waals surface area contributed by atoms with E-state index in [1.54, 1.807) is 13.2 Å². The van der Waals surface area contributed by atoms with Gasteiger partial charge in [0.05, 0.1) is 21.1 Å². The van der Waals surface area contributed by atoms with E-state index in [0.717, 1.165) is 17.5 Å². The highest BCUT2D eigenvalue weighted by Gasteiger charge is 2.12. The van der Waals surface area contributed by atoms with E-state index < -0.39 is 0 Å². The van der Waals surface area contributed by atoms with Crippen molar-refractivity contribution in [1.82, 2.24) is 9.55 Å². The van der Waals surface area contributed by atoms with Gasteiger partial charge in [0.25, 0.3) is 0 Å². The number of hydrogen-bond donors (Lipinski definition) is 1. The summed E-state index contributed by atoms with van der Waals surface area (Å²) >= 11 is 17.4. The molecular formula is C12H14Cl2N2OS. The zero-order chi connectivity index (χ0) is 13.3.